The molecule has 2 rings (SSSR count). The maximum absolute atomic E-state index is 3.86. The third kappa shape index (κ3) is 3.48. The second kappa shape index (κ2) is 5.53. The van der Waals surface area contributed by atoms with Gasteiger partial charge < -0.3 is 5.32 Å². The van der Waals surface area contributed by atoms with Crippen molar-refractivity contribution in [2.45, 2.75) is 77.7 Å². The molecule has 2 fully saturated rings. The number of hydrogen-bond donors (Lipinski definition) is 1. The molecule has 2 unspecified atom stereocenters. The van der Waals surface area contributed by atoms with Crippen LogP contribution in [-0.4, -0.2) is 12.6 Å². The first-order chi connectivity index (χ1) is 7.68. The Hall–Kier alpha value is -0.0400. The van der Waals surface area contributed by atoms with Crippen LogP contribution in [0, 0.1) is 11.3 Å². The Kier molecular flexibility index (Phi) is 4.29. The summed E-state index contributed by atoms with van der Waals surface area (Å²) in [6, 6.07) is 0.822. The molecule has 0 saturated heterocycles. The van der Waals surface area contributed by atoms with Crippen LogP contribution in [0.3, 0.4) is 0 Å². The van der Waals surface area contributed by atoms with Crippen LogP contribution in [0.1, 0.15) is 71.6 Å². The summed E-state index contributed by atoms with van der Waals surface area (Å²) in [6.45, 7) is 6.17. The van der Waals surface area contributed by atoms with Crippen molar-refractivity contribution in [3.63, 3.8) is 0 Å². The average Bonchev–Trinajstić information content (AvgIpc) is 2.28. The van der Waals surface area contributed by atoms with Gasteiger partial charge in [0.15, 0.2) is 0 Å². The molecule has 2 aliphatic carbocycles. The van der Waals surface area contributed by atoms with Crippen LogP contribution >= 0.6 is 0 Å². The summed E-state index contributed by atoms with van der Waals surface area (Å²) in [5.41, 5.74) is 0.610. The second-order valence-corrected chi connectivity index (χ2v) is 6.72. The minimum absolute atomic E-state index is 0.610. The molecule has 94 valence electrons. The molecule has 0 spiro atoms. The first kappa shape index (κ1) is 12.4. The minimum atomic E-state index is 0.610. The third-order valence-electron chi connectivity index (χ3n) is 4.81. The average molecular weight is 223 g/mol. The summed E-state index contributed by atoms with van der Waals surface area (Å²) in [7, 11) is 0. The molecule has 2 aliphatic rings. The molecule has 0 amide bonds. The zero-order valence-corrected chi connectivity index (χ0v) is 11.2. The largest absolute Gasteiger partial charge is 0.313 e. The fraction of sp³-hybridized carbons (Fsp3) is 1.00. The van der Waals surface area contributed by atoms with E-state index in [1.807, 2.05) is 0 Å². The van der Waals surface area contributed by atoms with Crippen molar-refractivity contribution in [2.24, 2.45) is 11.3 Å². The number of nitrogens with one attached hydrogen (secondary N) is 1. The molecule has 1 heteroatoms. The molecule has 1 N–H and O–H groups in total. The summed E-state index contributed by atoms with van der Waals surface area (Å²) < 4.78 is 0. The van der Waals surface area contributed by atoms with Crippen molar-refractivity contribution in [1.29, 1.82) is 0 Å². The van der Waals surface area contributed by atoms with Gasteiger partial charge in [-0.15, -0.1) is 0 Å². The Morgan fingerprint density at radius 2 is 1.81 bits per heavy atom. The van der Waals surface area contributed by atoms with Gasteiger partial charge in [-0.2, -0.15) is 0 Å². The second-order valence-electron chi connectivity index (χ2n) is 6.72. The van der Waals surface area contributed by atoms with E-state index in [9.17, 15) is 0 Å². The van der Waals surface area contributed by atoms with Crippen molar-refractivity contribution < 1.29 is 0 Å². The van der Waals surface area contributed by atoms with Gasteiger partial charge in [-0.25, -0.2) is 0 Å². The standard InChI is InChI=1S/C15H29N/c1-13-7-6-8-14(11-13)16-12-15(2)9-4-3-5-10-15/h13-14,16H,3-12H2,1-2H3. The maximum Gasteiger partial charge on any atom is 0.00698 e. The van der Waals surface area contributed by atoms with Gasteiger partial charge in [0.2, 0.25) is 0 Å². The monoisotopic (exact) mass is 223 g/mol. The Morgan fingerprint density at radius 3 is 2.50 bits per heavy atom. The normalized spacial score (nSPS) is 34.9. The van der Waals surface area contributed by atoms with Gasteiger partial charge >= 0.3 is 0 Å². The third-order valence-corrected chi connectivity index (χ3v) is 4.81. The van der Waals surface area contributed by atoms with E-state index in [1.54, 1.807) is 0 Å². The Bertz CT molecular complexity index is 205. The number of rotatable bonds is 3. The van der Waals surface area contributed by atoms with Crippen LogP contribution in [0.25, 0.3) is 0 Å². The molecule has 0 aromatic carbocycles. The molecule has 0 bridgehead atoms. The predicted molar refractivity (Wildman–Crippen MR) is 70.6 cm³/mol. The van der Waals surface area contributed by atoms with Crippen LogP contribution in [0.5, 0.6) is 0 Å². The van der Waals surface area contributed by atoms with E-state index in [-0.39, 0.29) is 0 Å². The number of hydrogen-bond acceptors (Lipinski definition) is 1. The predicted octanol–water partition coefficient (Wildman–Crippen LogP) is 4.13. The molecule has 0 aliphatic heterocycles. The van der Waals surface area contributed by atoms with Crippen LogP contribution in [0.2, 0.25) is 0 Å². The zero-order valence-electron chi connectivity index (χ0n) is 11.2. The smallest absolute Gasteiger partial charge is 0.00698 e. The molecular weight excluding hydrogens is 194 g/mol. The topological polar surface area (TPSA) is 12.0 Å². The van der Waals surface area contributed by atoms with Crippen LogP contribution in [0.15, 0.2) is 0 Å². The first-order valence-electron chi connectivity index (χ1n) is 7.41. The van der Waals surface area contributed by atoms with Gasteiger partial charge in [0.1, 0.15) is 0 Å². The molecule has 0 aromatic heterocycles. The van der Waals surface area contributed by atoms with E-state index < -0.39 is 0 Å². The van der Waals surface area contributed by atoms with E-state index in [2.05, 4.69) is 19.2 Å². The molecule has 1 nitrogen and oxygen atoms in total. The minimum Gasteiger partial charge on any atom is -0.313 e. The first-order valence-corrected chi connectivity index (χ1v) is 7.41. The lowest BCUT2D eigenvalue weighted by Crippen LogP contribution is -2.41. The van der Waals surface area contributed by atoms with Gasteiger partial charge in [-0.05, 0) is 37.0 Å². The molecular formula is C15H29N. The van der Waals surface area contributed by atoms with Crippen molar-refractivity contribution in [1.82, 2.24) is 5.32 Å². The SMILES string of the molecule is CC1CCCC(NCC2(C)CCCCC2)C1. The van der Waals surface area contributed by atoms with Crippen molar-refractivity contribution in [3.05, 3.63) is 0 Å². The van der Waals surface area contributed by atoms with Gasteiger partial charge in [0, 0.05) is 12.6 Å². The molecule has 2 atom stereocenters. The summed E-state index contributed by atoms with van der Waals surface area (Å²) in [5, 5.41) is 3.86. The van der Waals surface area contributed by atoms with E-state index in [0.29, 0.717) is 5.41 Å². The lowest BCUT2D eigenvalue weighted by molar-refractivity contribution is 0.186. The highest BCUT2D eigenvalue weighted by Gasteiger charge is 2.28. The Balaban J connectivity index is 1.73. The molecule has 0 aromatic rings. The summed E-state index contributed by atoms with van der Waals surface area (Å²) in [5.74, 6) is 0.949. The van der Waals surface area contributed by atoms with Crippen molar-refractivity contribution in [3.8, 4) is 0 Å². The van der Waals surface area contributed by atoms with Crippen LogP contribution in [-0.2, 0) is 0 Å². The van der Waals surface area contributed by atoms with Crippen LogP contribution < -0.4 is 5.32 Å². The van der Waals surface area contributed by atoms with E-state index in [0.717, 1.165) is 12.0 Å². The molecule has 0 radical (unpaired) electrons. The Morgan fingerprint density at radius 1 is 1.06 bits per heavy atom. The van der Waals surface area contributed by atoms with E-state index in [1.165, 1.54) is 64.3 Å². The molecule has 2 saturated carbocycles. The van der Waals surface area contributed by atoms with Crippen molar-refractivity contribution in [2.75, 3.05) is 6.54 Å². The lowest BCUT2D eigenvalue weighted by Gasteiger charge is -2.37. The highest BCUT2D eigenvalue weighted by molar-refractivity contribution is 4.84. The van der Waals surface area contributed by atoms with Gasteiger partial charge in [-0.3, -0.25) is 0 Å². The molecule has 16 heavy (non-hydrogen) atoms. The fourth-order valence-electron chi connectivity index (χ4n) is 3.59. The summed E-state index contributed by atoms with van der Waals surface area (Å²) in [6.07, 6.45) is 13.0. The fourth-order valence-corrected chi connectivity index (χ4v) is 3.59. The van der Waals surface area contributed by atoms with Crippen LogP contribution in [0.4, 0.5) is 0 Å². The quantitative estimate of drug-likeness (QED) is 0.758. The Labute approximate surface area is 101 Å². The highest BCUT2D eigenvalue weighted by Crippen LogP contribution is 2.35. The maximum atomic E-state index is 3.86. The zero-order chi connectivity index (χ0) is 11.4. The van der Waals surface area contributed by atoms with Gasteiger partial charge in [0.25, 0.3) is 0 Å². The highest BCUT2D eigenvalue weighted by atomic mass is 14.9. The van der Waals surface area contributed by atoms with Gasteiger partial charge in [0.05, 0.1) is 0 Å². The summed E-state index contributed by atoms with van der Waals surface area (Å²) in [4.78, 5) is 0. The summed E-state index contributed by atoms with van der Waals surface area (Å²) >= 11 is 0. The van der Waals surface area contributed by atoms with Gasteiger partial charge in [-0.1, -0.05) is 46.0 Å². The molecule has 0 heterocycles. The lowest BCUT2D eigenvalue weighted by atomic mass is 9.75. The van der Waals surface area contributed by atoms with E-state index >= 15 is 0 Å². The van der Waals surface area contributed by atoms with E-state index in [4.69, 9.17) is 0 Å². The van der Waals surface area contributed by atoms with Crippen molar-refractivity contribution >= 4 is 0 Å².